The quantitative estimate of drug-likeness (QED) is 0.512. The number of amides is 2. The normalized spacial score (nSPS) is 12.8. The van der Waals surface area contributed by atoms with Crippen LogP contribution in [0.15, 0.2) is 54.6 Å². The highest BCUT2D eigenvalue weighted by atomic mass is 16.6. The molecule has 2 heterocycles. The summed E-state index contributed by atoms with van der Waals surface area (Å²) in [6.45, 7) is 1.44. The van der Waals surface area contributed by atoms with Crippen molar-refractivity contribution in [2.75, 3.05) is 23.4 Å². The highest BCUT2D eigenvalue weighted by molar-refractivity contribution is 6.04. The molecule has 0 fully saturated rings. The Bertz CT molecular complexity index is 1140. The van der Waals surface area contributed by atoms with Crippen LogP contribution in [-0.2, 0) is 9.59 Å². The molecule has 0 radical (unpaired) electrons. The molecule has 2 amide bonds. The van der Waals surface area contributed by atoms with Crippen LogP contribution in [0.4, 0.5) is 17.2 Å². The van der Waals surface area contributed by atoms with Gasteiger partial charge in [0.2, 0.25) is 5.91 Å². The Kier molecular flexibility index (Phi) is 4.88. The average molecular weight is 407 g/mol. The summed E-state index contributed by atoms with van der Waals surface area (Å²) in [4.78, 5) is 36.7. The first-order valence-electron chi connectivity index (χ1n) is 9.06. The average Bonchev–Trinajstić information content (AvgIpc) is 3.10. The number of carbonyl (C=O) groups excluding carboxylic acids is 2. The third-order valence-corrected chi connectivity index (χ3v) is 4.51. The number of nitro benzene ring substituents is 1. The van der Waals surface area contributed by atoms with Gasteiger partial charge in [-0.05, 0) is 31.2 Å². The molecule has 0 spiro atoms. The molecule has 0 saturated carbocycles. The first-order chi connectivity index (χ1) is 14.4. The van der Waals surface area contributed by atoms with Crippen LogP contribution in [0.25, 0.3) is 5.69 Å². The van der Waals surface area contributed by atoms with E-state index in [4.69, 9.17) is 4.74 Å². The van der Waals surface area contributed by atoms with Crippen LogP contribution in [0.3, 0.4) is 0 Å². The molecule has 0 bridgehead atoms. The van der Waals surface area contributed by atoms with E-state index in [1.54, 1.807) is 49.4 Å². The van der Waals surface area contributed by atoms with E-state index in [-0.39, 0.29) is 24.7 Å². The van der Waals surface area contributed by atoms with Crippen molar-refractivity contribution in [3.05, 3.63) is 70.4 Å². The van der Waals surface area contributed by atoms with Gasteiger partial charge < -0.3 is 10.1 Å². The van der Waals surface area contributed by atoms with E-state index in [1.165, 1.54) is 21.7 Å². The number of fused-ring (bicyclic) bond motifs is 1. The summed E-state index contributed by atoms with van der Waals surface area (Å²) >= 11 is 0. The molecule has 3 aromatic rings. The molecule has 152 valence electrons. The summed E-state index contributed by atoms with van der Waals surface area (Å²) in [6.07, 6.45) is 0. The topological polar surface area (TPSA) is 120 Å². The van der Waals surface area contributed by atoms with Crippen molar-refractivity contribution in [3.8, 4) is 11.4 Å². The summed E-state index contributed by atoms with van der Waals surface area (Å²) in [5.41, 5.74) is 1.69. The predicted octanol–water partition coefficient (Wildman–Crippen LogP) is 2.45. The smallest absolute Gasteiger partial charge is 0.269 e. The number of carbonyl (C=O) groups is 2. The number of hydrogen-bond donors (Lipinski definition) is 1. The Hall–Kier alpha value is -4.21. The number of nitro groups is 1. The van der Waals surface area contributed by atoms with E-state index in [1.807, 2.05) is 0 Å². The fraction of sp³-hybridized carbons (Fsp3) is 0.150. The van der Waals surface area contributed by atoms with Crippen LogP contribution in [0.1, 0.15) is 5.69 Å². The van der Waals surface area contributed by atoms with Crippen LogP contribution in [0.5, 0.6) is 5.75 Å². The number of hydrogen-bond acceptors (Lipinski definition) is 6. The first-order valence-corrected chi connectivity index (χ1v) is 9.06. The zero-order chi connectivity index (χ0) is 21.3. The molecule has 30 heavy (non-hydrogen) atoms. The van der Waals surface area contributed by atoms with Gasteiger partial charge in [0.15, 0.2) is 6.61 Å². The van der Waals surface area contributed by atoms with Crippen molar-refractivity contribution in [2.45, 2.75) is 6.92 Å². The zero-order valence-corrected chi connectivity index (χ0v) is 15.9. The minimum Gasteiger partial charge on any atom is -0.482 e. The highest BCUT2D eigenvalue weighted by Gasteiger charge is 2.27. The minimum absolute atomic E-state index is 0.0438. The number of para-hydroxylation sites is 2. The van der Waals surface area contributed by atoms with Gasteiger partial charge in [-0.1, -0.05) is 12.1 Å². The number of nitrogens with one attached hydrogen (secondary N) is 1. The van der Waals surface area contributed by atoms with Crippen LogP contribution in [0, 0.1) is 17.0 Å². The van der Waals surface area contributed by atoms with E-state index in [9.17, 15) is 19.7 Å². The van der Waals surface area contributed by atoms with Gasteiger partial charge in [-0.3, -0.25) is 24.6 Å². The fourth-order valence-electron chi connectivity index (χ4n) is 3.15. The molecular formula is C20H17N5O5. The summed E-state index contributed by atoms with van der Waals surface area (Å²) in [7, 11) is 0. The van der Waals surface area contributed by atoms with Crippen LogP contribution < -0.4 is 15.0 Å². The Morgan fingerprint density at radius 3 is 2.70 bits per heavy atom. The number of ether oxygens (including phenoxy) is 1. The standard InChI is InChI=1S/C20H17N5O5/c1-13-10-18(24(22-13)14-6-8-15(9-7-14)25(28)29)21-19(26)11-23-16-4-2-3-5-17(16)30-12-20(23)27/h2-10H,11-12H2,1H3,(H,21,26). The first kappa shape index (κ1) is 19.1. The summed E-state index contributed by atoms with van der Waals surface area (Å²) in [6, 6.07) is 14.5. The lowest BCUT2D eigenvalue weighted by atomic mass is 10.2. The molecule has 0 unspecified atom stereocenters. The van der Waals surface area contributed by atoms with Gasteiger partial charge >= 0.3 is 0 Å². The highest BCUT2D eigenvalue weighted by Crippen LogP contribution is 2.31. The van der Waals surface area contributed by atoms with Crippen molar-refractivity contribution >= 4 is 29.0 Å². The Morgan fingerprint density at radius 1 is 1.23 bits per heavy atom. The molecule has 1 N–H and O–H groups in total. The predicted molar refractivity (Wildman–Crippen MR) is 108 cm³/mol. The number of benzene rings is 2. The molecule has 0 atom stereocenters. The molecule has 1 aliphatic rings. The number of rotatable bonds is 5. The maximum absolute atomic E-state index is 12.7. The minimum atomic E-state index is -0.488. The van der Waals surface area contributed by atoms with Crippen molar-refractivity contribution in [1.82, 2.24) is 9.78 Å². The van der Waals surface area contributed by atoms with Crippen molar-refractivity contribution < 1.29 is 19.2 Å². The Labute approximate surface area is 170 Å². The lowest BCUT2D eigenvalue weighted by Crippen LogP contribution is -2.43. The largest absolute Gasteiger partial charge is 0.482 e. The van der Waals surface area contributed by atoms with Gasteiger partial charge in [-0.2, -0.15) is 5.10 Å². The number of aromatic nitrogens is 2. The number of nitrogens with zero attached hydrogens (tertiary/aromatic N) is 4. The number of anilines is 2. The van der Waals surface area contributed by atoms with Crippen LogP contribution in [0.2, 0.25) is 0 Å². The van der Waals surface area contributed by atoms with Crippen molar-refractivity contribution in [1.29, 1.82) is 0 Å². The molecular weight excluding hydrogens is 390 g/mol. The molecule has 0 saturated heterocycles. The van der Waals surface area contributed by atoms with Gasteiger partial charge in [0.05, 0.1) is 22.0 Å². The van der Waals surface area contributed by atoms with Gasteiger partial charge in [-0.25, -0.2) is 4.68 Å². The molecule has 1 aromatic heterocycles. The van der Waals surface area contributed by atoms with Crippen LogP contribution in [-0.4, -0.2) is 39.7 Å². The van der Waals surface area contributed by atoms with E-state index in [2.05, 4.69) is 10.4 Å². The van der Waals surface area contributed by atoms with Gasteiger partial charge in [0.25, 0.3) is 11.6 Å². The lowest BCUT2D eigenvalue weighted by Gasteiger charge is -2.28. The summed E-state index contributed by atoms with van der Waals surface area (Å²) in [5.74, 6) is 0.198. The Balaban J connectivity index is 1.55. The molecule has 10 nitrogen and oxygen atoms in total. The van der Waals surface area contributed by atoms with Crippen LogP contribution >= 0.6 is 0 Å². The lowest BCUT2D eigenvalue weighted by molar-refractivity contribution is -0.384. The molecule has 2 aromatic carbocycles. The van der Waals surface area contributed by atoms with Gasteiger partial charge in [-0.15, -0.1) is 0 Å². The summed E-state index contributed by atoms with van der Waals surface area (Å²) in [5, 5.41) is 18.0. The SMILES string of the molecule is Cc1cc(NC(=O)CN2C(=O)COc3ccccc32)n(-c2ccc([N+](=O)[O-])cc2)n1. The van der Waals surface area contributed by atoms with Gasteiger partial charge in [0.1, 0.15) is 18.1 Å². The molecule has 0 aliphatic carbocycles. The molecule has 4 rings (SSSR count). The van der Waals surface area contributed by atoms with E-state index in [0.717, 1.165) is 0 Å². The monoisotopic (exact) mass is 407 g/mol. The Morgan fingerprint density at radius 2 is 1.97 bits per heavy atom. The number of aryl methyl sites for hydroxylation is 1. The van der Waals surface area contributed by atoms with Gasteiger partial charge in [0, 0.05) is 18.2 Å². The number of non-ortho nitro benzene ring substituents is 1. The maximum atomic E-state index is 12.7. The molecule has 10 heteroatoms. The van der Waals surface area contributed by atoms with E-state index >= 15 is 0 Å². The third-order valence-electron chi connectivity index (χ3n) is 4.51. The fourth-order valence-corrected chi connectivity index (χ4v) is 3.15. The second-order valence-electron chi connectivity index (χ2n) is 6.64. The van der Waals surface area contributed by atoms with E-state index in [0.29, 0.717) is 28.6 Å². The summed E-state index contributed by atoms with van der Waals surface area (Å²) < 4.78 is 6.87. The molecule has 1 aliphatic heterocycles. The second kappa shape index (κ2) is 7.66. The van der Waals surface area contributed by atoms with E-state index < -0.39 is 10.8 Å². The second-order valence-corrected chi connectivity index (χ2v) is 6.64. The third kappa shape index (κ3) is 3.70. The maximum Gasteiger partial charge on any atom is 0.269 e. The van der Waals surface area contributed by atoms with Crippen molar-refractivity contribution in [2.24, 2.45) is 0 Å². The van der Waals surface area contributed by atoms with Crippen molar-refractivity contribution in [3.63, 3.8) is 0 Å². The zero-order valence-electron chi connectivity index (χ0n) is 15.9.